The number of aryl methyl sites for hydroxylation is 1. The van der Waals surface area contributed by atoms with Crippen molar-refractivity contribution in [3.63, 3.8) is 0 Å². The van der Waals surface area contributed by atoms with Crippen molar-refractivity contribution in [2.45, 2.75) is 52.5 Å². The molecule has 0 unspecified atom stereocenters. The van der Waals surface area contributed by atoms with E-state index >= 15 is 0 Å². The van der Waals surface area contributed by atoms with E-state index in [9.17, 15) is 4.79 Å². The van der Waals surface area contributed by atoms with Gasteiger partial charge in [-0.25, -0.2) is 4.98 Å². The maximum Gasteiger partial charge on any atom is 0.266 e. The molecule has 1 aliphatic heterocycles. The van der Waals surface area contributed by atoms with Crippen LogP contribution in [0.3, 0.4) is 0 Å². The highest BCUT2D eigenvalue weighted by Gasteiger charge is 2.32. The summed E-state index contributed by atoms with van der Waals surface area (Å²) in [6, 6.07) is 8.30. The monoisotopic (exact) mass is 358 g/mol. The normalized spacial score (nSPS) is 17.3. The predicted molar refractivity (Wildman–Crippen MR) is 102 cm³/mol. The SMILES string of the molecule is CCOc1ccc([C@@H]2CCCN2C(=O)c2sc(C(C)C)nc2C)cc1. The van der Waals surface area contributed by atoms with Gasteiger partial charge in [0.2, 0.25) is 0 Å². The molecule has 134 valence electrons. The van der Waals surface area contributed by atoms with E-state index in [1.807, 2.05) is 30.9 Å². The third-order valence-corrected chi connectivity index (χ3v) is 6.04. The maximum absolute atomic E-state index is 13.1. The lowest BCUT2D eigenvalue weighted by atomic mass is 10.0. The van der Waals surface area contributed by atoms with Gasteiger partial charge < -0.3 is 9.64 Å². The lowest BCUT2D eigenvalue weighted by Gasteiger charge is -2.25. The molecule has 1 saturated heterocycles. The highest BCUT2D eigenvalue weighted by atomic mass is 32.1. The number of hydrogen-bond donors (Lipinski definition) is 0. The van der Waals surface area contributed by atoms with E-state index in [0.717, 1.165) is 40.7 Å². The van der Waals surface area contributed by atoms with E-state index < -0.39 is 0 Å². The summed E-state index contributed by atoms with van der Waals surface area (Å²) in [6.07, 6.45) is 2.05. The topological polar surface area (TPSA) is 42.4 Å². The molecule has 0 N–H and O–H groups in total. The smallest absolute Gasteiger partial charge is 0.266 e. The van der Waals surface area contributed by atoms with E-state index in [1.54, 1.807) is 11.3 Å². The molecule has 0 bridgehead atoms. The summed E-state index contributed by atoms with van der Waals surface area (Å²) < 4.78 is 5.52. The molecule has 4 nitrogen and oxygen atoms in total. The number of carbonyl (C=O) groups is 1. The highest BCUT2D eigenvalue weighted by molar-refractivity contribution is 7.13. The van der Waals surface area contributed by atoms with Crippen LogP contribution in [0.2, 0.25) is 0 Å². The van der Waals surface area contributed by atoms with Crippen LogP contribution in [0.1, 0.15) is 71.5 Å². The van der Waals surface area contributed by atoms with Gasteiger partial charge in [0, 0.05) is 12.5 Å². The molecule has 1 amide bonds. The van der Waals surface area contributed by atoms with Gasteiger partial charge in [0.05, 0.1) is 23.4 Å². The molecule has 2 aromatic rings. The van der Waals surface area contributed by atoms with Gasteiger partial charge in [-0.3, -0.25) is 4.79 Å². The molecule has 0 aliphatic carbocycles. The summed E-state index contributed by atoms with van der Waals surface area (Å²) in [5.41, 5.74) is 2.04. The predicted octanol–water partition coefficient (Wildman–Crippen LogP) is 4.95. The number of benzene rings is 1. The minimum absolute atomic E-state index is 0.123. The Morgan fingerprint density at radius 1 is 1.36 bits per heavy atom. The van der Waals surface area contributed by atoms with Crippen LogP contribution in [0.4, 0.5) is 0 Å². The molecule has 0 spiro atoms. The third-order valence-electron chi connectivity index (χ3n) is 4.59. The first-order chi connectivity index (χ1) is 12.0. The van der Waals surface area contributed by atoms with Gasteiger partial charge >= 0.3 is 0 Å². The maximum atomic E-state index is 13.1. The van der Waals surface area contributed by atoms with Gasteiger partial charge in [0.15, 0.2) is 0 Å². The quantitative estimate of drug-likeness (QED) is 0.759. The number of ether oxygens (including phenoxy) is 1. The number of rotatable bonds is 5. The Balaban J connectivity index is 1.82. The molecule has 1 atom stereocenters. The van der Waals surface area contributed by atoms with Gasteiger partial charge in [-0.15, -0.1) is 11.3 Å². The molecule has 2 heterocycles. The lowest BCUT2D eigenvalue weighted by molar-refractivity contribution is 0.0739. The second-order valence-corrected chi connectivity index (χ2v) is 7.81. The van der Waals surface area contributed by atoms with Gasteiger partial charge in [0.1, 0.15) is 10.6 Å². The zero-order valence-electron chi connectivity index (χ0n) is 15.4. The highest BCUT2D eigenvalue weighted by Crippen LogP contribution is 2.36. The number of amides is 1. The fraction of sp³-hybridized carbons (Fsp3) is 0.500. The molecular formula is C20H26N2O2S. The average molecular weight is 359 g/mol. The Kier molecular flexibility index (Phi) is 5.42. The molecule has 5 heteroatoms. The van der Waals surface area contributed by atoms with Crippen LogP contribution in [-0.2, 0) is 0 Å². The van der Waals surface area contributed by atoms with Crippen LogP contribution in [-0.4, -0.2) is 28.9 Å². The van der Waals surface area contributed by atoms with Crippen molar-refractivity contribution in [2.75, 3.05) is 13.2 Å². The Labute approximate surface area is 153 Å². The molecule has 25 heavy (non-hydrogen) atoms. The number of nitrogens with zero attached hydrogens (tertiary/aromatic N) is 2. The summed E-state index contributed by atoms with van der Waals surface area (Å²) in [4.78, 5) is 20.5. The molecule has 1 aliphatic rings. The minimum atomic E-state index is 0.123. The summed E-state index contributed by atoms with van der Waals surface area (Å²) in [5.74, 6) is 1.35. The molecular weight excluding hydrogens is 332 g/mol. The first-order valence-corrected chi connectivity index (χ1v) is 9.84. The van der Waals surface area contributed by atoms with Crippen molar-refractivity contribution in [2.24, 2.45) is 0 Å². The molecule has 1 aromatic carbocycles. The molecule has 0 radical (unpaired) electrons. The number of likely N-dealkylation sites (tertiary alicyclic amines) is 1. The van der Waals surface area contributed by atoms with Gasteiger partial charge in [-0.1, -0.05) is 26.0 Å². The van der Waals surface area contributed by atoms with Crippen molar-refractivity contribution in [3.8, 4) is 5.75 Å². The van der Waals surface area contributed by atoms with Crippen LogP contribution in [0.15, 0.2) is 24.3 Å². The number of thiazole rings is 1. The van der Waals surface area contributed by atoms with Crippen LogP contribution in [0, 0.1) is 6.92 Å². The number of hydrogen-bond acceptors (Lipinski definition) is 4. The van der Waals surface area contributed by atoms with Crippen molar-refractivity contribution >= 4 is 17.2 Å². The first kappa shape index (κ1) is 17.9. The number of carbonyl (C=O) groups excluding carboxylic acids is 1. The van der Waals surface area contributed by atoms with E-state index in [2.05, 4.69) is 31.0 Å². The molecule has 3 rings (SSSR count). The van der Waals surface area contributed by atoms with E-state index in [4.69, 9.17) is 4.74 Å². The largest absolute Gasteiger partial charge is 0.494 e. The van der Waals surface area contributed by atoms with E-state index in [0.29, 0.717) is 12.5 Å². The number of aromatic nitrogens is 1. The van der Waals surface area contributed by atoms with Crippen molar-refractivity contribution in [3.05, 3.63) is 45.4 Å². The summed E-state index contributed by atoms with van der Waals surface area (Å²) in [6.45, 7) is 9.63. The second-order valence-electron chi connectivity index (χ2n) is 6.78. The Bertz CT molecular complexity index is 737. The Morgan fingerprint density at radius 3 is 2.68 bits per heavy atom. The zero-order chi connectivity index (χ0) is 18.0. The van der Waals surface area contributed by atoms with Crippen molar-refractivity contribution < 1.29 is 9.53 Å². The summed E-state index contributed by atoms with van der Waals surface area (Å²) in [5, 5.41) is 1.04. The minimum Gasteiger partial charge on any atom is -0.494 e. The third kappa shape index (κ3) is 3.71. The Morgan fingerprint density at radius 2 is 2.08 bits per heavy atom. The zero-order valence-corrected chi connectivity index (χ0v) is 16.2. The van der Waals surface area contributed by atoms with E-state index in [-0.39, 0.29) is 11.9 Å². The first-order valence-electron chi connectivity index (χ1n) is 9.02. The van der Waals surface area contributed by atoms with Crippen molar-refractivity contribution in [1.29, 1.82) is 0 Å². The van der Waals surface area contributed by atoms with Gasteiger partial charge in [0.25, 0.3) is 5.91 Å². The van der Waals surface area contributed by atoms with Crippen LogP contribution in [0.5, 0.6) is 5.75 Å². The fourth-order valence-corrected chi connectivity index (χ4v) is 4.33. The van der Waals surface area contributed by atoms with Gasteiger partial charge in [-0.2, -0.15) is 0 Å². The lowest BCUT2D eigenvalue weighted by Crippen LogP contribution is -2.30. The van der Waals surface area contributed by atoms with E-state index in [1.165, 1.54) is 5.56 Å². The summed E-state index contributed by atoms with van der Waals surface area (Å²) in [7, 11) is 0. The fourth-order valence-electron chi connectivity index (χ4n) is 3.30. The van der Waals surface area contributed by atoms with Gasteiger partial charge in [-0.05, 0) is 44.4 Å². The average Bonchev–Trinajstić information content (AvgIpc) is 3.22. The van der Waals surface area contributed by atoms with Crippen LogP contribution in [0.25, 0.3) is 0 Å². The van der Waals surface area contributed by atoms with Crippen LogP contribution >= 0.6 is 11.3 Å². The molecule has 0 saturated carbocycles. The van der Waals surface area contributed by atoms with Crippen molar-refractivity contribution in [1.82, 2.24) is 9.88 Å². The van der Waals surface area contributed by atoms with Crippen LogP contribution < -0.4 is 4.74 Å². The Hall–Kier alpha value is -1.88. The standard InChI is InChI=1S/C20H26N2O2S/c1-5-24-16-10-8-15(9-11-16)17-7-6-12-22(17)20(23)18-14(4)21-19(25-18)13(2)3/h8-11,13,17H,5-7,12H2,1-4H3/t17-/m0/s1. The second kappa shape index (κ2) is 7.56. The molecule has 1 fully saturated rings. The molecule has 1 aromatic heterocycles. The summed E-state index contributed by atoms with van der Waals surface area (Å²) >= 11 is 1.55.